The van der Waals surface area contributed by atoms with Gasteiger partial charge in [-0.15, -0.1) is 0 Å². The van der Waals surface area contributed by atoms with Gasteiger partial charge in [0.15, 0.2) is 0 Å². The zero-order chi connectivity index (χ0) is 15.4. The van der Waals surface area contributed by atoms with Crippen LogP contribution in [0.5, 0.6) is 0 Å². The Morgan fingerprint density at radius 3 is 2.67 bits per heavy atom. The van der Waals surface area contributed by atoms with Crippen LogP contribution in [0.2, 0.25) is 0 Å². The van der Waals surface area contributed by atoms with Gasteiger partial charge in [0.2, 0.25) is 5.91 Å². The summed E-state index contributed by atoms with van der Waals surface area (Å²) < 4.78 is 0. The summed E-state index contributed by atoms with van der Waals surface area (Å²) in [6.45, 7) is 1.52. The molecule has 114 valence electrons. The number of nitrogens with one attached hydrogen (secondary N) is 1. The van der Waals surface area contributed by atoms with Crippen molar-refractivity contribution in [3.8, 4) is 0 Å². The molecule has 5 heteroatoms. The minimum atomic E-state index is -0.503. The van der Waals surface area contributed by atoms with Gasteiger partial charge in [0, 0.05) is 37.2 Å². The van der Waals surface area contributed by atoms with Crippen LogP contribution in [0.15, 0.2) is 30.5 Å². The molecule has 1 amide bonds. The molecule has 0 radical (unpaired) electrons. The molecule has 1 unspecified atom stereocenters. The number of amides is 1. The molecule has 21 heavy (non-hydrogen) atoms. The van der Waals surface area contributed by atoms with Crippen LogP contribution in [0.1, 0.15) is 5.56 Å². The molecule has 2 rings (SSSR count). The summed E-state index contributed by atoms with van der Waals surface area (Å²) in [6.07, 6.45) is 2.49. The molecule has 0 bridgehead atoms. The SMILES string of the molecule is CN(C)CCN(C)C(=O)C(N)Cc1c[nH]c2ccccc12. The number of nitrogens with zero attached hydrogens (tertiary/aromatic N) is 2. The third-order valence-electron chi connectivity index (χ3n) is 3.69. The van der Waals surface area contributed by atoms with E-state index in [1.54, 1.807) is 11.9 Å². The van der Waals surface area contributed by atoms with E-state index >= 15 is 0 Å². The molecule has 1 aromatic carbocycles. The molecule has 0 spiro atoms. The van der Waals surface area contributed by atoms with Crippen LogP contribution in [0.4, 0.5) is 0 Å². The van der Waals surface area contributed by atoms with Gasteiger partial charge in [-0.25, -0.2) is 0 Å². The van der Waals surface area contributed by atoms with E-state index in [0.29, 0.717) is 13.0 Å². The van der Waals surface area contributed by atoms with Crippen molar-refractivity contribution in [2.75, 3.05) is 34.2 Å². The fourth-order valence-electron chi connectivity index (χ4n) is 2.37. The molecular weight excluding hydrogens is 264 g/mol. The maximum Gasteiger partial charge on any atom is 0.239 e. The third-order valence-corrected chi connectivity index (χ3v) is 3.69. The van der Waals surface area contributed by atoms with Gasteiger partial charge < -0.3 is 20.5 Å². The van der Waals surface area contributed by atoms with E-state index in [0.717, 1.165) is 23.0 Å². The smallest absolute Gasteiger partial charge is 0.239 e. The molecule has 2 aromatic rings. The van der Waals surface area contributed by atoms with Gasteiger partial charge in [0.05, 0.1) is 6.04 Å². The van der Waals surface area contributed by atoms with Crippen LogP contribution in [-0.2, 0) is 11.2 Å². The number of aromatic amines is 1. The lowest BCUT2D eigenvalue weighted by atomic mass is 10.0. The highest BCUT2D eigenvalue weighted by atomic mass is 16.2. The second-order valence-corrected chi connectivity index (χ2v) is 5.73. The molecule has 0 saturated heterocycles. The molecule has 0 saturated carbocycles. The van der Waals surface area contributed by atoms with E-state index in [1.807, 2.05) is 44.6 Å². The molecule has 1 aromatic heterocycles. The standard InChI is InChI=1S/C16H24N4O/c1-19(2)8-9-20(3)16(21)14(17)10-12-11-18-15-7-5-4-6-13(12)15/h4-7,11,14,18H,8-10,17H2,1-3H3. The van der Waals surface area contributed by atoms with Crippen molar-refractivity contribution in [2.24, 2.45) is 5.73 Å². The second-order valence-electron chi connectivity index (χ2n) is 5.73. The summed E-state index contributed by atoms with van der Waals surface area (Å²) in [7, 11) is 5.79. The summed E-state index contributed by atoms with van der Waals surface area (Å²) in [4.78, 5) is 19.3. The van der Waals surface area contributed by atoms with Gasteiger partial charge in [-0.1, -0.05) is 18.2 Å². The lowest BCUT2D eigenvalue weighted by molar-refractivity contribution is -0.131. The van der Waals surface area contributed by atoms with Gasteiger partial charge in [-0.3, -0.25) is 4.79 Å². The van der Waals surface area contributed by atoms with Crippen molar-refractivity contribution in [1.82, 2.24) is 14.8 Å². The van der Waals surface area contributed by atoms with Crippen LogP contribution in [0, 0.1) is 0 Å². The number of hydrogen-bond acceptors (Lipinski definition) is 3. The van der Waals surface area contributed by atoms with Gasteiger partial charge in [0.1, 0.15) is 0 Å². The molecule has 0 aliphatic heterocycles. The first kappa shape index (κ1) is 15.5. The first-order valence-corrected chi connectivity index (χ1v) is 7.19. The van der Waals surface area contributed by atoms with Crippen LogP contribution in [-0.4, -0.2) is 61.0 Å². The fourth-order valence-corrected chi connectivity index (χ4v) is 2.37. The highest BCUT2D eigenvalue weighted by Crippen LogP contribution is 2.19. The highest BCUT2D eigenvalue weighted by Gasteiger charge is 2.19. The zero-order valence-corrected chi connectivity index (χ0v) is 13.0. The number of rotatable bonds is 6. The molecule has 5 nitrogen and oxygen atoms in total. The lowest BCUT2D eigenvalue weighted by Gasteiger charge is -2.22. The van der Waals surface area contributed by atoms with Crippen molar-refractivity contribution >= 4 is 16.8 Å². The predicted molar refractivity (Wildman–Crippen MR) is 86.2 cm³/mol. The Morgan fingerprint density at radius 1 is 1.24 bits per heavy atom. The number of fused-ring (bicyclic) bond motifs is 1. The number of likely N-dealkylation sites (N-methyl/N-ethyl adjacent to an activating group) is 2. The van der Waals surface area contributed by atoms with Gasteiger partial charge in [-0.05, 0) is 32.1 Å². The van der Waals surface area contributed by atoms with Crippen molar-refractivity contribution in [1.29, 1.82) is 0 Å². The Morgan fingerprint density at radius 2 is 1.95 bits per heavy atom. The maximum atomic E-state index is 12.3. The number of benzene rings is 1. The Bertz CT molecular complexity index is 605. The number of aromatic nitrogens is 1. The largest absolute Gasteiger partial charge is 0.361 e. The molecular formula is C16H24N4O. The van der Waals surface area contributed by atoms with Crippen LogP contribution < -0.4 is 5.73 Å². The van der Waals surface area contributed by atoms with Crippen LogP contribution >= 0.6 is 0 Å². The number of carbonyl (C=O) groups is 1. The first-order chi connectivity index (χ1) is 9.99. The molecule has 1 heterocycles. The summed E-state index contributed by atoms with van der Waals surface area (Å²) in [5, 5.41) is 1.14. The van der Waals surface area contributed by atoms with Crippen LogP contribution in [0.25, 0.3) is 10.9 Å². The van der Waals surface area contributed by atoms with E-state index in [1.165, 1.54) is 0 Å². The molecule has 0 fully saturated rings. The van der Waals surface area contributed by atoms with E-state index in [9.17, 15) is 4.79 Å². The number of hydrogen-bond donors (Lipinski definition) is 2. The average Bonchev–Trinajstić information content (AvgIpc) is 2.87. The van der Waals surface area contributed by atoms with E-state index < -0.39 is 6.04 Å². The molecule has 0 aliphatic carbocycles. The number of nitrogens with two attached hydrogens (primary N) is 1. The highest BCUT2D eigenvalue weighted by molar-refractivity contribution is 5.86. The first-order valence-electron chi connectivity index (χ1n) is 7.19. The van der Waals surface area contributed by atoms with Crippen molar-refractivity contribution in [3.63, 3.8) is 0 Å². The summed E-state index contributed by atoms with van der Waals surface area (Å²) in [5.74, 6) is -0.0119. The van der Waals surface area contributed by atoms with Crippen molar-refractivity contribution in [2.45, 2.75) is 12.5 Å². The Hall–Kier alpha value is -1.85. The fraction of sp³-hybridized carbons (Fsp3) is 0.438. The van der Waals surface area contributed by atoms with Crippen LogP contribution in [0.3, 0.4) is 0 Å². The van der Waals surface area contributed by atoms with E-state index in [-0.39, 0.29) is 5.91 Å². The lowest BCUT2D eigenvalue weighted by Crippen LogP contribution is -2.45. The Balaban J connectivity index is 2.00. The number of para-hydroxylation sites is 1. The topological polar surface area (TPSA) is 65.4 Å². The summed E-state index contributed by atoms with van der Waals surface area (Å²) in [6, 6.07) is 7.55. The van der Waals surface area contributed by atoms with Gasteiger partial charge in [0.25, 0.3) is 0 Å². The van der Waals surface area contributed by atoms with Crippen molar-refractivity contribution < 1.29 is 4.79 Å². The number of H-pyrrole nitrogens is 1. The average molecular weight is 288 g/mol. The summed E-state index contributed by atoms with van der Waals surface area (Å²) in [5.41, 5.74) is 8.26. The zero-order valence-electron chi connectivity index (χ0n) is 13.0. The second kappa shape index (κ2) is 6.74. The normalized spacial score (nSPS) is 12.8. The predicted octanol–water partition coefficient (Wildman–Crippen LogP) is 1.06. The summed E-state index contributed by atoms with van der Waals surface area (Å²) >= 11 is 0. The molecule has 3 N–H and O–H groups in total. The molecule has 1 atom stereocenters. The van der Waals surface area contributed by atoms with E-state index in [4.69, 9.17) is 5.73 Å². The number of carbonyl (C=O) groups excluding carboxylic acids is 1. The van der Waals surface area contributed by atoms with Crippen molar-refractivity contribution in [3.05, 3.63) is 36.0 Å². The Kier molecular flexibility index (Phi) is 4.98. The molecule has 0 aliphatic rings. The van der Waals surface area contributed by atoms with Gasteiger partial charge in [-0.2, -0.15) is 0 Å². The third kappa shape index (κ3) is 3.83. The van der Waals surface area contributed by atoms with Gasteiger partial charge >= 0.3 is 0 Å². The minimum absolute atomic E-state index is 0.0119. The minimum Gasteiger partial charge on any atom is -0.361 e. The van der Waals surface area contributed by atoms with E-state index in [2.05, 4.69) is 9.88 Å². The quantitative estimate of drug-likeness (QED) is 0.835. The monoisotopic (exact) mass is 288 g/mol. The maximum absolute atomic E-state index is 12.3. The Labute approximate surface area is 125 Å².